The molecule has 1 amide bonds. The number of carbonyl (C=O) groups is 1. The van der Waals surface area contributed by atoms with E-state index in [0.29, 0.717) is 25.3 Å². The van der Waals surface area contributed by atoms with E-state index in [1.54, 1.807) is 30.5 Å². The van der Waals surface area contributed by atoms with Crippen molar-refractivity contribution in [2.75, 3.05) is 6.54 Å². The lowest BCUT2D eigenvalue weighted by atomic mass is 10.1. The summed E-state index contributed by atoms with van der Waals surface area (Å²) < 4.78 is 0. The van der Waals surface area contributed by atoms with Crippen LogP contribution in [0.25, 0.3) is 11.4 Å². The van der Waals surface area contributed by atoms with Gasteiger partial charge in [0.15, 0.2) is 5.82 Å². The second-order valence-electron chi connectivity index (χ2n) is 4.67. The van der Waals surface area contributed by atoms with Gasteiger partial charge in [0.2, 0.25) is 0 Å². The Balaban J connectivity index is 1.91. The van der Waals surface area contributed by atoms with Gasteiger partial charge in [-0.3, -0.25) is 0 Å². The molecule has 20 heavy (non-hydrogen) atoms. The van der Waals surface area contributed by atoms with Gasteiger partial charge in [-0.25, -0.2) is 14.8 Å². The molecule has 102 valence electrons. The molecule has 2 N–H and O–H groups in total. The number of phenols is 1. The third-order valence-electron chi connectivity index (χ3n) is 3.33. The Kier molecular flexibility index (Phi) is 2.98. The maximum atomic E-state index is 10.9. The van der Waals surface area contributed by atoms with Gasteiger partial charge in [-0.1, -0.05) is 0 Å². The van der Waals surface area contributed by atoms with Crippen LogP contribution < -0.4 is 0 Å². The third-order valence-corrected chi connectivity index (χ3v) is 3.33. The van der Waals surface area contributed by atoms with Crippen molar-refractivity contribution in [2.24, 2.45) is 0 Å². The zero-order chi connectivity index (χ0) is 14.1. The molecule has 6 nitrogen and oxygen atoms in total. The van der Waals surface area contributed by atoms with E-state index in [1.165, 1.54) is 4.90 Å². The average Bonchev–Trinajstić information content (AvgIpc) is 2.47. The second kappa shape index (κ2) is 4.80. The van der Waals surface area contributed by atoms with Gasteiger partial charge < -0.3 is 15.1 Å². The summed E-state index contributed by atoms with van der Waals surface area (Å²) in [7, 11) is 0. The van der Waals surface area contributed by atoms with Gasteiger partial charge in [0.25, 0.3) is 0 Å². The van der Waals surface area contributed by atoms with Gasteiger partial charge in [-0.15, -0.1) is 0 Å². The van der Waals surface area contributed by atoms with Crippen LogP contribution in [0.3, 0.4) is 0 Å². The maximum Gasteiger partial charge on any atom is 0.407 e. The first kappa shape index (κ1) is 12.4. The van der Waals surface area contributed by atoms with Gasteiger partial charge in [-0.2, -0.15) is 0 Å². The van der Waals surface area contributed by atoms with Crippen molar-refractivity contribution in [1.82, 2.24) is 14.9 Å². The first-order valence-electron chi connectivity index (χ1n) is 6.25. The van der Waals surface area contributed by atoms with E-state index < -0.39 is 6.09 Å². The van der Waals surface area contributed by atoms with E-state index in [-0.39, 0.29) is 5.75 Å². The largest absolute Gasteiger partial charge is 0.508 e. The van der Waals surface area contributed by atoms with Crippen LogP contribution in [0.1, 0.15) is 11.3 Å². The van der Waals surface area contributed by atoms with Gasteiger partial charge in [0.1, 0.15) is 5.75 Å². The number of aromatic hydroxyl groups is 1. The van der Waals surface area contributed by atoms with Gasteiger partial charge in [0.05, 0.1) is 12.2 Å². The third kappa shape index (κ3) is 2.27. The predicted molar refractivity (Wildman–Crippen MR) is 71.3 cm³/mol. The number of aromatic nitrogens is 2. The van der Waals surface area contributed by atoms with Crippen LogP contribution in [0.4, 0.5) is 4.79 Å². The maximum absolute atomic E-state index is 10.9. The molecule has 1 aromatic heterocycles. The number of carboxylic acid groups (broad SMARTS) is 1. The summed E-state index contributed by atoms with van der Waals surface area (Å²) in [5.74, 6) is 0.788. The topological polar surface area (TPSA) is 86.5 Å². The van der Waals surface area contributed by atoms with Crippen LogP contribution in [0.15, 0.2) is 30.5 Å². The summed E-state index contributed by atoms with van der Waals surface area (Å²) >= 11 is 0. The van der Waals surface area contributed by atoms with Gasteiger partial charge in [0, 0.05) is 30.3 Å². The molecular weight excluding hydrogens is 258 g/mol. The molecular formula is C14H13N3O3. The molecule has 6 heteroatoms. The van der Waals surface area contributed by atoms with Crippen LogP contribution in [0, 0.1) is 0 Å². The quantitative estimate of drug-likeness (QED) is 0.827. The monoisotopic (exact) mass is 271 g/mol. The first-order valence-corrected chi connectivity index (χ1v) is 6.25. The Morgan fingerprint density at radius 2 is 2.00 bits per heavy atom. The molecule has 0 bridgehead atoms. The number of phenolic OH excluding ortho intramolecular Hbond substituents is 1. The summed E-state index contributed by atoms with van der Waals surface area (Å²) in [5.41, 5.74) is 2.56. The fourth-order valence-electron chi connectivity index (χ4n) is 2.23. The normalized spacial score (nSPS) is 13.9. The van der Waals surface area contributed by atoms with Crippen molar-refractivity contribution in [1.29, 1.82) is 0 Å². The SMILES string of the molecule is O=C(O)N1CCc2nc(-c3ccc(O)cc3)ncc2C1. The minimum atomic E-state index is -0.918. The summed E-state index contributed by atoms with van der Waals surface area (Å²) in [4.78, 5) is 21.1. The smallest absolute Gasteiger partial charge is 0.407 e. The van der Waals surface area contributed by atoms with Crippen LogP contribution in [-0.4, -0.2) is 37.7 Å². The Labute approximate surface area is 115 Å². The zero-order valence-electron chi connectivity index (χ0n) is 10.7. The molecule has 0 aliphatic carbocycles. The van der Waals surface area contributed by atoms with Crippen LogP contribution >= 0.6 is 0 Å². The predicted octanol–water partition coefficient (Wildman–Crippen LogP) is 1.89. The summed E-state index contributed by atoms with van der Waals surface area (Å²) in [6.07, 6.45) is 1.35. The summed E-state index contributed by atoms with van der Waals surface area (Å²) in [5, 5.41) is 18.3. The zero-order valence-corrected chi connectivity index (χ0v) is 10.7. The molecule has 2 heterocycles. The lowest BCUT2D eigenvalue weighted by Crippen LogP contribution is -2.35. The highest BCUT2D eigenvalue weighted by Crippen LogP contribution is 2.22. The molecule has 0 fully saturated rings. The van der Waals surface area contributed by atoms with Crippen LogP contribution in [0.2, 0.25) is 0 Å². The standard InChI is InChI=1S/C14H13N3O3/c18-11-3-1-9(2-4-11)13-15-7-10-8-17(14(19)20)6-5-12(10)16-13/h1-4,7,18H,5-6,8H2,(H,19,20). The molecule has 0 atom stereocenters. The number of fused-ring (bicyclic) bond motifs is 1. The summed E-state index contributed by atoms with van der Waals surface area (Å²) in [6.45, 7) is 0.787. The Morgan fingerprint density at radius 3 is 2.70 bits per heavy atom. The van der Waals surface area contributed by atoms with Crippen molar-refractivity contribution in [3.63, 3.8) is 0 Å². The number of benzene rings is 1. The van der Waals surface area contributed by atoms with Crippen LogP contribution in [0.5, 0.6) is 5.75 Å². The highest BCUT2D eigenvalue weighted by Gasteiger charge is 2.21. The number of amides is 1. The van der Waals surface area contributed by atoms with Crippen LogP contribution in [-0.2, 0) is 13.0 Å². The van der Waals surface area contributed by atoms with E-state index in [4.69, 9.17) is 5.11 Å². The van der Waals surface area contributed by atoms with Crippen molar-refractivity contribution in [2.45, 2.75) is 13.0 Å². The molecule has 0 saturated carbocycles. The van der Waals surface area contributed by atoms with E-state index in [1.807, 2.05) is 0 Å². The number of hydrogen-bond acceptors (Lipinski definition) is 4. The Hall–Kier alpha value is -2.63. The fraction of sp³-hybridized carbons (Fsp3) is 0.214. The highest BCUT2D eigenvalue weighted by molar-refractivity contribution is 5.65. The average molecular weight is 271 g/mol. The lowest BCUT2D eigenvalue weighted by molar-refractivity contribution is 0.139. The minimum Gasteiger partial charge on any atom is -0.508 e. The number of hydrogen-bond donors (Lipinski definition) is 2. The minimum absolute atomic E-state index is 0.198. The van der Waals surface area contributed by atoms with E-state index in [2.05, 4.69) is 9.97 Å². The van der Waals surface area contributed by atoms with Crippen molar-refractivity contribution < 1.29 is 15.0 Å². The Bertz CT molecular complexity index is 655. The number of nitrogens with zero attached hydrogens (tertiary/aromatic N) is 3. The molecule has 0 unspecified atom stereocenters. The fourth-order valence-corrected chi connectivity index (χ4v) is 2.23. The second-order valence-corrected chi connectivity index (χ2v) is 4.67. The van der Waals surface area contributed by atoms with Gasteiger partial charge in [-0.05, 0) is 24.3 Å². The summed E-state index contributed by atoms with van der Waals surface area (Å²) in [6, 6.07) is 6.68. The van der Waals surface area contributed by atoms with Crippen molar-refractivity contribution in [3.05, 3.63) is 41.7 Å². The van der Waals surface area contributed by atoms with Crippen molar-refractivity contribution in [3.8, 4) is 17.1 Å². The molecule has 1 aliphatic heterocycles. The van der Waals surface area contributed by atoms with Gasteiger partial charge >= 0.3 is 6.09 Å². The molecule has 0 spiro atoms. The molecule has 0 radical (unpaired) electrons. The molecule has 2 aromatic rings. The molecule has 0 saturated heterocycles. The Morgan fingerprint density at radius 1 is 1.25 bits per heavy atom. The first-order chi connectivity index (χ1) is 9.63. The molecule has 1 aromatic carbocycles. The van der Waals surface area contributed by atoms with E-state index in [0.717, 1.165) is 16.8 Å². The molecule has 3 rings (SSSR count). The number of rotatable bonds is 1. The lowest BCUT2D eigenvalue weighted by Gasteiger charge is -2.25. The van der Waals surface area contributed by atoms with E-state index >= 15 is 0 Å². The van der Waals surface area contributed by atoms with E-state index in [9.17, 15) is 9.90 Å². The van der Waals surface area contributed by atoms with Crippen molar-refractivity contribution >= 4 is 6.09 Å². The highest BCUT2D eigenvalue weighted by atomic mass is 16.4. The molecule has 1 aliphatic rings.